The zero-order valence-corrected chi connectivity index (χ0v) is 14.0. The third-order valence-corrected chi connectivity index (χ3v) is 3.91. The minimum atomic E-state index is -0.234. The van der Waals surface area contributed by atoms with Crippen LogP contribution in [0, 0.1) is 0 Å². The van der Waals surface area contributed by atoms with Gasteiger partial charge in [0.25, 0.3) is 5.91 Å². The molecule has 1 amide bonds. The average Bonchev–Trinajstić information content (AvgIpc) is 3.11. The van der Waals surface area contributed by atoms with Crippen LogP contribution in [0.1, 0.15) is 10.4 Å². The smallest absolute Gasteiger partial charge is 0.257 e. The molecule has 26 heavy (non-hydrogen) atoms. The fraction of sp³-hybridized carbons (Fsp3) is 0.0500. The van der Waals surface area contributed by atoms with Crippen LogP contribution in [0.4, 0.5) is 5.69 Å². The zero-order chi connectivity index (χ0) is 17.9. The molecule has 0 aliphatic rings. The largest absolute Gasteiger partial charge is 0.496 e. The van der Waals surface area contributed by atoms with Crippen molar-refractivity contribution < 1.29 is 13.9 Å². The lowest BCUT2D eigenvalue weighted by molar-refractivity contribution is 0.102. The Morgan fingerprint density at radius 1 is 1.12 bits per heavy atom. The number of pyridine rings is 1. The molecule has 128 valence electrons. The normalized spacial score (nSPS) is 10.7. The van der Waals surface area contributed by atoms with Crippen LogP contribution in [0.2, 0.25) is 0 Å². The number of fused-ring (bicyclic) bond motifs is 1. The van der Waals surface area contributed by atoms with Gasteiger partial charge in [0.1, 0.15) is 11.3 Å². The van der Waals surface area contributed by atoms with Crippen molar-refractivity contribution in [2.24, 2.45) is 0 Å². The van der Waals surface area contributed by atoms with E-state index in [1.54, 1.807) is 43.6 Å². The minimum absolute atomic E-state index is 0.234. The second-order valence-corrected chi connectivity index (χ2v) is 5.60. The number of para-hydroxylation sites is 1. The van der Waals surface area contributed by atoms with Crippen molar-refractivity contribution in [1.82, 2.24) is 9.97 Å². The standard InChI is InChI=1S/C20H15N3O3/c1-25-17-7-3-2-6-15(17)20-23-16-9-8-14(11-18(16)26-20)22-19(24)13-5-4-10-21-12-13/h2-12H,1H3,(H,22,24). The number of amides is 1. The Bertz CT molecular complexity index is 1070. The molecule has 4 rings (SSSR count). The molecule has 2 aromatic carbocycles. The Morgan fingerprint density at radius 3 is 2.81 bits per heavy atom. The number of rotatable bonds is 4. The number of nitrogens with one attached hydrogen (secondary N) is 1. The quantitative estimate of drug-likeness (QED) is 0.601. The highest BCUT2D eigenvalue weighted by Gasteiger charge is 2.13. The molecule has 1 N–H and O–H groups in total. The summed E-state index contributed by atoms with van der Waals surface area (Å²) in [6.07, 6.45) is 3.14. The molecule has 0 saturated heterocycles. The van der Waals surface area contributed by atoms with E-state index in [-0.39, 0.29) is 5.91 Å². The third-order valence-electron chi connectivity index (χ3n) is 3.91. The summed E-state index contributed by atoms with van der Waals surface area (Å²) in [5, 5.41) is 2.83. The van der Waals surface area contributed by atoms with Gasteiger partial charge < -0.3 is 14.5 Å². The van der Waals surface area contributed by atoms with Crippen molar-refractivity contribution in [3.05, 3.63) is 72.6 Å². The van der Waals surface area contributed by atoms with E-state index in [0.29, 0.717) is 34.0 Å². The van der Waals surface area contributed by atoms with Gasteiger partial charge in [0, 0.05) is 24.1 Å². The van der Waals surface area contributed by atoms with Gasteiger partial charge in [-0.3, -0.25) is 9.78 Å². The monoisotopic (exact) mass is 345 g/mol. The first-order chi connectivity index (χ1) is 12.7. The summed E-state index contributed by atoms with van der Waals surface area (Å²) in [5.74, 6) is 0.916. The molecular formula is C20H15N3O3. The van der Waals surface area contributed by atoms with Gasteiger partial charge in [-0.1, -0.05) is 12.1 Å². The Morgan fingerprint density at radius 2 is 2.00 bits per heavy atom. The molecule has 2 aromatic heterocycles. The molecule has 6 heteroatoms. The van der Waals surface area contributed by atoms with Crippen LogP contribution in [-0.2, 0) is 0 Å². The van der Waals surface area contributed by atoms with E-state index >= 15 is 0 Å². The van der Waals surface area contributed by atoms with E-state index in [0.717, 1.165) is 5.56 Å². The van der Waals surface area contributed by atoms with Crippen LogP contribution in [0.15, 0.2) is 71.4 Å². The number of carbonyl (C=O) groups is 1. The maximum Gasteiger partial charge on any atom is 0.257 e. The van der Waals surface area contributed by atoms with E-state index in [9.17, 15) is 4.79 Å². The SMILES string of the molecule is COc1ccccc1-c1nc2ccc(NC(=O)c3cccnc3)cc2o1. The maximum absolute atomic E-state index is 12.2. The first-order valence-electron chi connectivity index (χ1n) is 8.00. The zero-order valence-electron chi connectivity index (χ0n) is 14.0. The highest BCUT2D eigenvalue weighted by Crippen LogP contribution is 2.32. The fourth-order valence-electron chi connectivity index (χ4n) is 2.64. The number of anilines is 1. The van der Waals surface area contributed by atoms with Gasteiger partial charge in [-0.25, -0.2) is 4.98 Å². The van der Waals surface area contributed by atoms with Gasteiger partial charge in [0.2, 0.25) is 5.89 Å². The molecule has 0 unspecified atom stereocenters. The van der Waals surface area contributed by atoms with Crippen molar-refractivity contribution in [1.29, 1.82) is 0 Å². The number of carbonyl (C=O) groups excluding carboxylic acids is 1. The van der Waals surface area contributed by atoms with Gasteiger partial charge in [-0.05, 0) is 36.4 Å². The summed E-state index contributed by atoms with van der Waals surface area (Å²) >= 11 is 0. The number of methoxy groups -OCH3 is 1. The molecule has 6 nitrogen and oxygen atoms in total. The summed E-state index contributed by atoms with van der Waals surface area (Å²) in [5.41, 5.74) is 3.15. The van der Waals surface area contributed by atoms with E-state index in [1.165, 1.54) is 6.20 Å². The number of ether oxygens (including phenoxy) is 1. The van der Waals surface area contributed by atoms with Crippen LogP contribution in [0.3, 0.4) is 0 Å². The number of benzene rings is 2. The molecule has 0 bridgehead atoms. The molecule has 2 heterocycles. The molecule has 0 fully saturated rings. The third kappa shape index (κ3) is 3.00. The van der Waals surface area contributed by atoms with Gasteiger partial charge in [-0.2, -0.15) is 0 Å². The lowest BCUT2D eigenvalue weighted by Crippen LogP contribution is -2.11. The van der Waals surface area contributed by atoms with E-state index < -0.39 is 0 Å². The summed E-state index contributed by atoms with van der Waals surface area (Å²) < 4.78 is 11.2. The van der Waals surface area contributed by atoms with Gasteiger partial charge >= 0.3 is 0 Å². The van der Waals surface area contributed by atoms with Crippen LogP contribution in [0.5, 0.6) is 5.75 Å². The molecule has 0 aliphatic carbocycles. The topological polar surface area (TPSA) is 77.2 Å². The highest BCUT2D eigenvalue weighted by atomic mass is 16.5. The highest BCUT2D eigenvalue weighted by molar-refractivity contribution is 6.04. The lowest BCUT2D eigenvalue weighted by atomic mass is 10.2. The molecule has 0 saturated carbocycles. The Balaban J connectivity index is 1.65. The van der Waals surface area contributed by atoms with Crippen LogP contribution in [0.25, 0.3) is 22.6 Å². The summed E-state index contributed by atoms with van der Waals surface area (Å²) in [7, 11) is 1.60. The predicted molar refractivity (Wildman–Crippen MR) is 98.2 cm³/mol. The predicted octanol–water partition coefficient (Wildman–Crippen LogP) is 4.15. The second kappa shape index (κ2) is 6.68. The first kappa shape index (κ1) is 15.8. The lowest BCUT2D eigenvalue weighted by Gasteiger charge is -2.04. The number of nitrogens with zero attached hydrogens (tertiary/aromatic N) is 2. The molecule has 4 aromatic rings. The van der Waals surface area contributed by atoms with Crippen molar-refractivity contribution in [2.75, 3.05) is 12.4 Å². The van der Waals surface area contributed by atoms with Gasteiger partial charge in [0.05, 0.1) is 18.2 Å². The summed E-state index contributed by atoms with van der Waals surface area (Å²) in [6, 6.07) is 16.3. The van der Waals surface area contributed by atoms with Crippen molar-refractivity contribution in [3.63, 3.8) is 0 Å². The first-order valence-corrected chi connectivity index (χ1v) is 8.00. The van der Waals surface area contributed by atoms with E-state index in [1.807, 2.05) is 24.3 Å². The Kier molecular flexibility index (Phi) is 4.07. The van der Waals surface area contributed by atoms with Crippen molar-refractivity contribution in [3.8, 4) is 17.2 Å². The van der Waals surface area contributed by atoms with E-state index in [4.69, 9.17) is 9.15 Å². The molecular weight excluding hydrogens is 330 g/mol. The summed E-state index contributed by atoms with van der Waals surface area (Å²) in [6.45, 7) is 0. The van der Waals surface area contributed by atoms with Gasteiger partial charge in [0.15, 0.2) is 5.58 Å². The summed E-state index contributed by atoms with van der Waals surface area (Å²) in [4.78, 5) is 20.7. The number of hydrogen-bond donors (Lipinski definition) is 1. The molecule has 0 radical (unpaired) electrons. The second-order valence-electron chi connectivity index (χ2n) is 5.60. The van der Waals surface area contributed by atoms with Crippen molar-refractivity contribution in [2.45, 2.75) is 0 Å². The van der Waals surface area contributed by atoms with Crippen LogP contribution < -0.4 is 10.1 Å². The molecule has 0 spiro atoms. The van der Waals surface area contributed by atoms with Crippen LogP contribution >= 0.6 is 0 Å². The fourth-order valence-corrected chi connectivity index (χ4v) is 2.64. The maximum atomic E-state index is 12.2. The average molecular weight is 345 g/mol. The Hall–Kier alpha value is -3.67. The van der Waals surface area contributed by atoms with Gasteiger partial charge in [-0.15, -0.1) is 0 Å². The number of hydrogen-bond acceptors (Lipinski definition) is 5. The van der Waals surface area contributed by atoms with Crippen LogP contribution in [-0.4, -0.2) is 23.0 Å². The Labute approximate surface area is 149 Å². The minimum Gasteiger partial charge on any atom is -0.496 e. The molecule has 0 atom stereocenters. The van der Waals surface area contributed by atoms with E-state index in [2.05, 4.69) is 15.3 Å². The number of aromatic nitrogens is 2. The van der Waals surface area contributed by atoms with Crippen molar-refractivity contribution >= 4 is 22.7 Å². The number of oxazole rings is 1. The molecule has 0 aliphatic heterocycles.